The van der Waals surface area contributed by atoms with Crippen LogP contribution < -0.4 is 0 Å². The molecule has 6 nitrogen and oxygen atoms in total. The molecule has 0 saturated carbocycles. The Kier molecular flexibility index (Phi) is 55.3. The predicted molar refractivity (Wildman–Crippen MR) is 302 cm³/mol. The van der Waals surface area contributed by atoms with E-state index < -0.39 is 6.10 Å². The Hall–Kier alpha value is -3.41. The number of carbonyl (C=O) groups excluding carboxylic acids is 3. The van der Waals surface area contributed by atoms with Crippen molar-refractivity contribution in [2.24, 2.45) is 0 Å². The highest BCUT2D eigenvalue weighted by molar-refractivity contribution is 5.71. The van der Waals surface area contributed by atoms with Gasteiger partial charge in [0.05, 0.1) is 0 Å². The van der Waals surface area contributed by atoms with Crippen LogP contribution >= 0.6 is 0 Å². The summed E-state index contributed by atoms with van der Waals surface area (Å²) in [5.74, 6) is -0.891. The molecule has 0 aliphatic heterocycles. The molecule has 0 bridgehead atoms. The number of hydrogen-bond acceptors (Lipinski definition) is 6. The van der Waals surface area contributed by atoms with Crippen molar-refractivity contribution in [2.45, 2.75) is 290 Å². The highest BCUT2D eigenvalue weighted by Gasteiger charge is 2.19. The van der Waals surface area contributed by atoms with Gasteiger partial charge in [0.15, 0.2) is 6.10 Å². The smallest absolute Gasteiger partial charge is 0.306 e. The van der Waals surface area contributed by atoms with Crippen LogP contribution in [0.1, 0.15) is 284 Å². The third kappa shape index (κ3) is 55.5. The van der Waals surface area contributed by atoms with Crippen molar-refractivity contribution in [1.29, 1.82) is 0 Å². The summed E-state index contributed by atoms with van der Waals surface area (Å²) in [6.45, 7) is 6.43. The fourth-order valence-electron chi connectivity index (χ4n) is 8.19. The fraction of sp³-hybridized carbons (Fsp3) is 0.734. The van der Waals surface area contributed by atoms with Crippen LogP contribution in [0.15, 0.2) is 85.1 Å². The van der Waals surface area contributed by atoms with Crippen molar-refractivity contribution in [3.05, 3.63) is 85.1 Å². The van der Waals surface area contributed by atoms with E-state index in [9.17, 15) is 14.4 Å². The number of allylic oxidation sites excluding steroid dienone is 14. The zero-order chi connectivity index (χ0) is 50.7. The van der Waals surface area contributed by atoms with E-state index in [0.29, 0.717) is 19.3 Å². The average Bonchev–Trinajstić information content (AvgIpc) is 3.36. The molecule has 0 amide bonds. The van der Waals surface area contributed by atoms with E-state index in [1.165, 1.54) is 135 Å². The molecular formula is C64H110O6. The third-order valence-corrected chi connectivity index (χ3v) is 12.6. The third-order valence-electron chi connectivity index (χ3n) is 12.6. The number of esters is 3. The SMILES string of the molecule is CC/C=C\C/C=C\C/C=C\C/C=C\C/C=C\C/C=C\CCCCCCCCCCCCCCCCCCC(=O)OCC(COC(=O)CCCCCCCC)OC(=O)CCCCCCC/C=C\CCCC. The van der Waals surface area contributed by atoms with E-state index in [1.54, 1.807) is 0 Å². The lowest BCUT2D eigenvalue weighted by Gasteiger charge is -2.18. The zero-order valence-corrected chi connectivity index (χ0v) is 46.0. The molecule has 0 aromatic carbocycles. The molecule has 0 heterocycles. The molecule has 0 fully saturated rings. The Balaban J connectivity index is 3.92. The molecule has 0 spiro atoms. The molecule has 70 heavy (non-hydrogen) atoms. The van der Waals surface area contributed by atoms with Crippen LogP contribution in [0.5, 0.6) is 0 Å². The Morgan fingerprint density at radius 1 is 0.300 bits per heavy atom. The van der Waals surface area contributed by atoms with Gasteiger partial charge in [0.1, 0.15) is 13.2 Å². The second kappa shape index (κ2) is 58.2. The molecule has 0 aliphatic rings. The molecule has 1 atom stereocenters. The highest BCUT2D eigenvalue weighted by Crippen LogP contribution is 2.16. The van der Waals surface area contributed by atoms with Gasteiger partial charge in [-0.2, -0.15) is 0 Å². The maximum atomic E-state index is 12.7. The molecule has 402 valence electrons. The zero-order valence-electron chi connectivity index (χ0n) is 46.0. The largest absolute Gasteiger partial charge is 0.462 e. The number of carbonyl (C=O) groups is 3. The van der Waals surface area contributed by atoms with Gasteiger partial charge in [0, 0.05) is 19.3 Å². The van der Waals surface area contributed by atoms with Crippen LogP contribution in [-0.2, 0) is 28.6 Å². The lowest BCUT2D eigenvalue weighted by atomic mass is 10.0. The summed E-state index contributed by atoms with van der Waals surface area (Å²) in [6.07, 6.45) is 76.4. The van der Waals surface area contributed by atoms with Crippen LogP contribution in [0.4, 0.5) is 0 Å². The van der Waals surface area contributed by atoms with Gasteiger partial charge < -0.3 is 14.2 Å². The van der Waals surface area contributed by atoms with Crippen LogP contribution in [0.2, 0.25) is 0 Å². The summed E-state index contributed by atoms with van der Waals surface area (Å²) in [7, 11) is 0. The van der Waals surface area contributed by atoms with E-state index >= 15 is 0 Å². The van der Waals surface area contributed by atoms with Gasteiger partial charge in [-0.15, -0.1) is 0 Å². The summed E-state index contributed by atoms with van der Waals surface area (Å²) < 4.78 is 16.7. The lowest BCUT2D eigenvalue weighted by molar-refractivity contribution is -0.167. The normalized spacial score (nSPS) is 12.7. The average molecular weight is 976 g/mol. The number of hydrogen-bond donors (Lipinski definition) is 0. The minimum atomic E-state index is -0.773. The van der Waals surface area contributed by atoms with Gasteiger partial charge in [-0.05, 0) is 89.9 Å². The van der Waals surface area contributed by atoms with Gasteiger partial charge in [-0.25, -0.2) is 0 Å². The van der Waals surface area contributed by atoms with Gasteiger partial charge in [0.25, 0.3) is 0 Å². The van der Waals surface area contributed by atoms with Crippen LogP contribution in [0.3, 0.4) is 0 Å². The number of rotatable bonds is 53. The van der Waals surface area contributed by atoms with Gasteiger partial charge in [-0.1, -0.05) is 260 Å². The van der Waals surface area contributed by atoms with Gasteiger partial charge in [-0.3, -0.25) is 14.4 Å². The predicted octanol–water partition coefficient (Wildman–Crippen LogP) is 19.9. The van der Waals surface area contributed by atoms with Gasteiger partial charge in [0.2, 0.25) is 0 Å². The quantitative estimate of drug-likeness (QED) is 0.0261. The maximum absolute atomic E-state index is 12.7. The lowest BCUT2D eigenvalue weighted by Crippen LogP contribution is -2.30. The summed E-state index contributed by atoms with van der Waals surface area (Å²) in [6, 6.07) is 0. The Morgan fingerprint density at radius 2 is 0.571 bits per heavy atom. The molecule has 0 rings (SSSR count). The first-order valence-corrected chi connectivity index (χ1v) is 29.6. The minimum absolute atomic E-state index is 0.0764. The molecule has 0 aromatic heterocycles. The molecule has 0 radical (unpaired) electrons. The molecule has 6 heteroatoms. The van der Waals surface area contributed by atoms with Crippen molar-refractivity contribution >= 4 is 17.9 Å². The second-order valence-electron chi connectivity index (χ2n) is 19.5. The van der Waals surface area contributed by atoms with Crippen LogP contribution in [0.25, 0.3) is 0 Å². The fourth-order valence-corrected chi connectivity index (χ4v) is 8.19. The Labute approximate surface area is 433 Å². The standard InChI is InChI=1S/C64H110O6/c1-4-7-10-13-16-18-20-21-22-23-24-25-26-27-28-29-30-31-32-33-34-35-36-37-38-39-40-41-42-43-45-46-48-51-54-57-63(66)69-60-61(59-68-62(65)56-53-50-15-12-9-6-3)70-64(67)58-55-52-49-47-44-19-17-14-11-8-5-2/h7,10,14,16-18,21-22,24-25,27-28,30-31,61H,4-6,8-9,11-13,15,19-20,23,26,29,32-60H2,1-3H3/b10-7-,17-14-,18-16-,22-21-,25-24-,28-27-,31-30-. The highest BCUT2D eigenvalue weighted by atomic mass is 16.6. The number of ether oxygens (including phenoxy) is 3. The Bertz CT molecular complexity index is 1350. The van der Waals surface area contributed by atoms with Crippen molar-refractivity contribution in [2.75, 3.05) is 13.2 Å². The number of unbranched alkanes of at least 4 members (excludes halogenated alkanes) is 28. The van der Waals surface area contributed by atoms with Crippen molar-refractivity contribution in [3.63, 3.8) is 0 Å². The van der Waals surface area contributed by atoms with Crippen LogP contribution in [-0.4, -0.2) is 37.2 Å². The van der Waals surface area contributed by atoms with Crippen LogP contribution in [0, 0.1) is 0 Å². The van der Waals surface area contributed by atoms with E-state index in [1.807, 2.05) is 0 Å². The monoisotopic (exact) mass is 975 g/mol. The van der Waals surface area contributed by atoms with E-state index in [0.717, 1.165) is 109 Å². The summed E-state index contributed by atoms with van der Waals surface area (Å²) in [5, 5.41) is 0. The minimum Gasteiger partial charge on any atom is -0.462 e. The molecule has 0 aliphatic carbocycles. The topological polar surface area (TPSA) is 78.9 Å². The maximum Gasteiger partial charge on any atom is 0.306 e. The summed E-state index contributed by atoms with van der Waals surface area (Å²) in [5.41, 5.74) is 0. The van der Waals surface area contributed by atoms with E-state index in [2.05, 4.69) is 106 Å². The van der Waals surface area contributed by atoms with E-state index in [4.69, 9.17) is 14.2 Å². The molecule has 0 aromatic rings. The van der Waals surface area contributed by atoms with Crippen molar-refractivity contribution in [3.8, 4) is 0 Å². The van der Waals surface area contributed by atoms with Crippen molar-refractivity contribution < 1.29 is 28.6 Å². The first-order valence-electron chi connectivity index (χ1n) is 29.6. The molecule has 0 saturated heterocycles. The first-order chi connectivity index (χ1) is 34.5. The molecule has 1 unspecified atom stereocenters. The van der Waals surface area contributed by atoms with E-state index in [-0.39, 0.29) is 31.1 Å². The van der Waals surface area contributed by atoms with Crippen molar-refractivity contribution in [1.82, 2.24) is 0 Å². The first kappa shape index (κ1) is 66.6. The van der Waals surface area contributed by atoms with Gasteiger partial charge >= 0.3 is 17.9 Å². The second-order valence-corrected chi connectivity index (χ2v) is 19.5. The summed E-state index contributed by atoms with van der Waals surface area (Å²) in [4.78, 5) is 37.7. The molecule has 0 N–H and O–H groups in total. The summed E-state index contributed by atoms with van der Waals surface area (Å²) >= 11 is 0. The Morgan fingerprint density at radius 3 is 0.929 bits per heavy atom. The molecular weight excluding hydrogens is 865 g/mol.